The Labute approximate surface area is 117 Å². The summed E-state index contributed by atoms with van der Waals surface area (Å²) in [5.74, 6) is -0.279. The Morgan fingerprint density at radius 1 is 1.30 bits per heavy atom. The number of nitrogens with one attached hydrogen (secondary N) is 2. The van der Waals surface area contributed by atoms with E-state index in [1.54, 1.807) is 0 Å². The molecule has 0 radical (unpaired) electrons. The van der Waals surface area contributed by atoms with Crippen LogP contribution in [0.25, 0.3) is 0 Å². The van der Waals surface area contributed by atoms with Crippen LogP contribution in [0.5, 0.6) is 0 Å². The molecule has 1 heterocycles. The molecule has 1 atom stereocenters. The van der Waals surface area contributed by atoms with Crippen molar-refractivity contribution in [2.24, 2.45) is 0 Å². The molecule has 0 spiro atoms. The van der Waals surface area contributed by atoms with Crippen LogP contribution in [0, 0.1) is 0 Å². The summed E-state index contributed by atoms with van der Waals surface area (Å²) in [5, 5.41) is 5.50. The van der Waals surface area contributed by atoms with E-state index in [0.29, 0.717) is 24.9 Å². The van der Waals surface area contributed by atoms with Gasteiger partial charge in [-0.15, -0.1) is 0 Å². The molecule has 6 nitrogen and oxygen atoms in total. The van der Waals surface area contributed by atoms with Crippen molar-refractivity contribution in [3.63, 3.8) is 0 Å². The zero-order valence-electron chi connectivity index (χ0n) is 11.0. The van der Waals surface area contributed by atoms with Crippen molar-refractivity contribution in [1.82, 2.24) is 10.6 Å². The third-order valence-electron chi connectivity index (χ3n) is 3.15. The monoisotopic (exact) mass is 296 g/mol. The third-order valence-corrected chi connectivity index (χ3v) is 4.27. The first-order chi connectivity index (χ1) is 9.36. The van der Waals surface area contributed by atoms with Gasteiger partial charge >= 0.3 is 0 Å². The summed E-state index contributed by atoms with van der Waals surface area (Å²) in [6, 6.07) is 5.69. The molecule has 1 fully saturated rings. The highest BCUT2D eigenvalue weighted by molar-refractivity contribution is 7.90. The Kier molecular flexibility index (Phi) is 4.08. The molecule has 108 valence electrons. The number of piperidine rings is 1. The summed E-state index contributed by atoms with van der Waals surface area (Å²) in [5.41, 5.74) is 0.397. The molecule has 2 rings (SSSR count). The molecule has 0 aromatic heterocycles. The smallest absolute Gasteiger partial charge is 0.251 e. The molecule has 1 aromatic carbocycles. The van der Waals surface area contributed by atoms with E-state index in [1.807, 2.05) is 0 Å². The average Bonchev–Trinajstić information content (AvgIpc) is 2.40. The molecule has 1 aliphatic rings. The summed E-state index contributed by atoms with van der Waals surface area (Å²) in [7, 11) is -3.26. The van der Waals surface area contributed by atoms with Crippen LogP contribution in [0.15, 0.2) is 29.2 Å². The Hall–Kier alpha value is -1.89. The zero-order valence-corrected chi connectivity index (χ0v) is 11.9. The maximum absolute atomic E-state index is 12.0. The van der Waals surface area contributed by atoms with Crippen LogP contribution in [0.2, 0.25) is 0 Å². The lowest BCUT2D eigenvalue weighted by Crippen LogP contribution is -2.47. The van der Waals surface area contributed by atoms with Crippen LogP contribution < -0.4 is 10.6 Å². The van der Waals surface area contributed by atoms with Gasteiger partial charge in [-0.3, -0.25) is 9.59 Å². The van der Waals surface area contributed by atoms with E-state index in [2.05, 4.69) is 10.6 Å². The van der Waals surface area contributed by atoms with Crippen LogP contribution in [0.3, 0.4) is 0 Å². The molecule has 1 aromatic rings. The molecule has 20 heavy (non-hydrogen) atoms. The van der Waals surface area contributed by atoms with Crippen LogP contribution in [0.1, 0.15) is 23.2 Å². The van der Waals surface area contributed by atoms with E-state index < -0.39 is 9.84 Å². The van der Waals surface area contributed by atoms with Gasteiger partial charge in [-0.05, 0) is 30.7 Å². The van der Waals surface area contributed by atoms with E-state index in [9.17, 15) is 18.0 Å². The Balaban J connectivity index is 2.01. The minimum Gasteiger partial charge on any atom is -0.354 e. The van der Waals surface area contributed by atoms with Gasteiger partial charge in [-0.25, -0.2) is 8.42 Å². The van der Waals surface area contributed by atoms with Gasteiger partial charge in [0, 0.05) is 30.8 Å². The number of benzene rings is 1. The van der Waals surface area contributed by atoms with Crippen molar-refractivity contribution in [2.45, 2.75) is 23.8 Å². The Morgan fingerprint density at radius 3 is 2.45 bits per heavy atom. The largest absolute Gasteiger partial charge is 0.354 e. The Morgan fingerprint density at radius 2 is 1.95 bits per heavy atom. The predicted molar refractivity (Wildman–Crippen MR) is 73.0 cm³/mol. The second-order valence-electron chi connectivity index (χ2n) is 4.81. The maximum atomic E-state index is 12.0. The minimum absolute atomic E-state index is 0.00648. The molecule has 1 aliphatic heterocycles. The number of carbonyl (C=O) groups is 2. The highest BCUT2D eigenvalue weighted by Crippen LogP contribution is 2.11. The average molecular weight is 296 g/mol. The number of rotatable bonds is 3. The van der Waals surface area contributed by atoms with Gasteiger partial charge in [-0.2, -0.15) is 0 Å². The molecule has 2 amide bonds. The minimum atomic E-state index is -3.26. The zero-order chi connectivity index (χ0) is 14.8. The summed E-state index contributed by atoms with van der Waals surface area (Å²) < 4.78 is 22.6. The highest BCUT2D eigenvalue weighted by Gasteiger charge is 2.20. The number of carbonyl (C=O) groups excluding carboxylic acids is 2. The van der Waals surface area contributed by atoms with Crippen LogP contribution in [-0.4, -0.2) is 39.1 Å². The number of amides is 2. The molecule has 0 aliphatic carbocycles. The van der Waals surface area contributed by atoms with Crippen LogP contribution in [-0.2, 0) is 14.6 Å². The standard InChI is InChI=1S/C13H16N2O4S/c1-20(18,19)11-5-2-9(3-6-11)13(17)15-10-4-7-12(16)14-8-10/h2-3,5-6,10H,4,7-8H2,1H3,(H,14,16)(H,15,17). The second kappa shape index (κ2) is 5.62. The summed E-state index contributed by atoms with van der Waals surface area (Å²) >= 11 is 0. The van der Waals surface area contributed by atoms with Crippen molar-refractivity contribution in [1.29, 1.82) is 0 Å². The topological polar surface area (TPSA) is 92.3 Å². The van der Waals surface area contributed by atoms with Gasteiger partial charge in [0.05, 0.1) is 4.90 Å². The molecular formula is C13H16N2O4S. The second-order valence-corrected chi connectivity index (χ2v) is 6.83. The lowest BCUT2D eigenvalue weighted by Gasteiger charge is -2.23. The first kappa shape index (κ1) is 14.5. The van der Waals surface area contributed by atoms with Gasteiger partial charge in [0.25, 0.3) is 5.91 Å². The van der Waals surface area contributed by atoms with E-state index in [0.717, 1.165) is 6.26 Å². The summed E-state index contributed by atoms with van der Waals surface area (Å²) in [6.07, 6.45) is 2.13. The predicted octanol–water partition coefficient (Wildman–Crippen LogP) is 0.0985. The highest BCUT2D eigenvalue weighted by atomic mass is 32.2. The van der Waals surface area contributed by atoms with Gasteiger partial charge in [0.1, 0.15) is 0 Å². The van der Waals surface area contributed by atoms with Gasteiger partial charge in [0.15, 0.2) is 9.84 Å². The Bertz CT molecular complexity index is 612. The SMILES string of the molecule is CS(=O)(=O)c1ccc(C(=O)NC2CCC(=O)NC2)cc1. The first-order valence-corrected chi connectivity index (χ1v) is 8.13. The normalized spacial score (nSPS) is 19.2. The molecule has 1 saturated heterocycles. The fraction of sp³-hybridized carbons (Fsp3) is 0.385. The van der Waals surface area contributed by atoms with Gasteiger partial charge in [-0.1, -0.05) is 0 Å². The van der Waals surface area contributed by atoms with Crippen LogP contribution >= 0.6 is 0 Å². The van der Waals surface area contributed by atoms with E-state index >= 15 is 0 Å². The lowest BCUT2D eigenvalue weighted by molar-refractivity contribution is -0.122. The summed E-state index contributed by atoms with van der Waals surface area (Å²) in [6.45, 7) is 0.423. The van der Waals surface area contributed by atoms with Crippen molar-refractivity contribution < 1.29 is 18.0 Å². The van der Waals surface area contributed by atoms with Crippen LogP contribution in [0.4, 0.5) is 0 Å². The molecule has 0 bridgehead atoms. The number of hydrogen-bond acceptors (Lipinski definition) is 4. The van der Waals surface area contributed by atoms with E-state index in [-0.39, 0.29) is 22.8 Å². The first-order valence-electron chi connectivity index (χ1n) is 6.24. The van der Waals surface area contributed by atoms with Crippen molar-refractivity contribution >= 4 is 21.7 Å². The third kappa shape index (κ3) is 3.57. The maximum Gasteiger partial charge on any atom is 0.251 e. The molecule has 0 saturated carbocycles. The number of hydrogen-bond donors (Lipinski definition) is 2. The quantitative estimate of drug-likeness (QED) is 0.827. The summed E-state index contributed by atoms with van der Waals surface area (Å²) in [4.78, 5) is 23.2. The fourth-order valence-electron chi connectivity index (χ4n) is 1.98. The molecule has 7 heteroatoms. The van der Waals surface area contributed by atoms with Gasteiger partial charge < -0.3 is 10.6 Å². The molecule has 1 unspecified atom stereocenters. The fourth-order valence-corrected chi connectivity index (χ4v) is 2.61. The lowest BCUT2D eigenvalue weighted by atomic mass is 10.1. The molecule has 2 N–H and O–H groups in total. The molecular weight excluding hydrogens is 280 g/mol. The van der Waals surface area contributed by atoms with Gasteiger partial charge in [0.2, 0.25) is 5.91 Å². The van der Waals surface area contributed by atoms with Crippen molar-refractivity contribution in [3.05, 3.63) is 29.8 Å². The van der Waals surface area contributed by atoms with Crippen molar-refractivity contribution in [3.8, 4) is 0 Å². The van der Waals surface area contributed by atoms with E-state index in [4.69, 9.17) is 0 Å². The van der Waals surface area contributed by atoms with E-state index in [1.165, 1.54) is 24.3 Å². The van der Waals surface area contributed by atoms with Crippen molar-refractivity contribution in [2.75, 3.05) is 12.8 Å². The number of sulfone groups is 1.